The summed E-state index contributed by atoms with van der Waals surface area (Å²) >= 11 is 0. The summed E-state index contributed by atoms with van der Waals surface area (Å²) in [5.74, 6) is 0.0646. The van der Waals surface area contributed by atoms with Crippen LogP contribution < -0.4 is 5.32 Å². The van der Waals surface area contributed by atoms with Crippen molar-refractivity contribution < 1.29 is 4.79 Å². The molecule has 3 nitrogen and oxygen atoms in total. The molecule has 1 N–H and O–H groups in total. The maximum atomic E-state index is 12.0. The molecule has 0 saturated carbocycles. The van der Waals surface area contributed by atoms with Gasteiger partial charge in [-0.15, -0.1) is 0 Å². The van der Waals surface area contributed by atoms with Gasteiger partial charge in [0.2, 0.25) is 5.91 Å². The number of aryl methyl sites for hydroxylation is 2. The molecule has 1 aromatic carbocycles. The summed E-state index contributed by atoms with van der Waals surface area (Å²) in [6.45, 7) is 6.79. The second kappa shape index (κ2) is 5.95. The minimum atomic E-state index is 0.0646. The van der Waals surface area contributed by atoms with Gasteiger partial charge in [0.25, 0.3) is 0 Å². The van der Waals surface area contributed by atoms with Gasteiger partial charge in [-0.1, -0.05) is 29.8 Å². The highest BCUT2D eigenvalue weighted by Gasteiger charge is 2.08. The molecule has 0 radical (unpaired) electrons. The Morgan fingerprint density at radius 3 is 2.35 bits per heavy atom. The summed E-state index contributed by atoms with van der Waals surface area (Å²) in [5.41, 5.74) is 5.87. The lowest BCUT2D eigenvalue weighted by Gasteiger charge is -2.06. The number of hydrogen-bond donors (Lipinski definition) is 1. The van der Waals surface area contributed by atoms with Crippen LogP contribution in [-0.2, 0) is 24.8 Å². The number of hydrogen-bond acceptors (Lipinski definition) is 1. The van der Waals surface area contributed by atoms with E-state index in [1.54, 1.807) is 0 Å². The third-order valence-electron chi connectivity index (χ3n) is 3.84. The largest absolute Gasteiger partial charge is 0.352 e. The van der Waals surface area contributed by atoms with Crippen LogP contribution in [0.5, 0.6) is 0 Å². The first-order chi connectivity index (χ1) is 9.47. The van der Waals surface area contributed by atoms with Gasteiger partial charge in [-0.25, -0.2) is 0 Å². The van der Waals surface area contributed by atoms with Crippen LogP contribution in [0.1, 0.15) is 28.1 Å². The second-order valence-electron chi connectivity index (χ2n) is 5.39. The molecule has 1 aromatic heterocycles. The molecule has 0 aliphatic rings. The summed E-state index contributed by atoms with van der Waals surface area (Å²) in [4.78, 5) is 12.0. The highest BCUT2D eigenvalue weighted by Crippen LogP contribution is 2.12. The first-order valence-electron chi connectivity index (χ1n) is 6.91. The normalized spacial score (nSPS) is 10.6. The minimum Gasteiger partial charge on any atom is -0.352 e. The predicted octanol–water partition coefficient (Wildman–Crippen LogP) is 2.81. The SMILES string of the molecule is Cc1ccc(CC(=O)NCc2cc(C)n(C)c2C)cc1. The Morgan fingerprint density at radius 1 is 1.15 bits per heavy atom. The smallest absolute Gasteiger partial charge is 0.224 e. The van der Waals surface area contributed by atoms with Crippen LogP contribution in [0.4, 0.5) is 0 Å². The molecule has 2 rings (SSSR count). The third kappa shape index (κ3) is 3.29. The van der Waals surface area contributed by atoms with Gasteiger partial charge in [0, 0.05) is 25.0 Å². The van der Waals surface area contributed by atoms with Crippen LogP contribution in [0.2, 0.25) is 0 Å². The van der Waals surface area contributed by atoms with E-state index in [1.165, 1.54) is 22.5 Å². The monoisotopic (exact) mass is 270 g/mol. The minimum absolute atomic E-state index is 0.0646. The lowest BCUT2D eigenvalue weighted by Crippen LogP contribution is -2.24. The maximum Gasteiger partial charge on any atom is 0.224 e. The van der Waals surface area contributed by atoms with Crippen molar-refractivity contribution in [3.63, 3.8) is 0 Å². The van der Waals surface area contributed by atoms with Crippen molar-refractivity contribution in [3.05, 3.63) is 58.4 Å². The number of rotatable bonds is 4. The fourth-order valence-corrected chi connectivity index (χ4v) is 2.26. The molecule has 3 heteroatoms. The maximum absolute atomic E-state index is 12.0. The van der Waals surface area contributed by atoms with Crippen molar-refractivity contribution in [3.8, 4) is 0 Å². The Morgan fingerprint density at radius 2 is 1.80 bits per heavy atom. The van der Waals surface area contributed by atoms with E-state index in [4.69, 9.17) is 0 Å². The zero-order valence-electron chi connectivity index (χ0n) is 12.7. The standard InChI is InChI=1S/C17H22N2O/c1-12-5-7-15(8-6-12)10-17(20)18-11-16-9-13(2)19(4)14(16)3/h5-9H,10-11H2,1-4H3,(H,18,20). The first kappa shape index (κ1) is 14.4. The quantitative estimate of drug-likeness (QED) is 0.910. The zero-order valence-corrected chi connectivity index (χ0v) is 12.7. The molecule has 0 aliphatic heterocycles. The Bertz CT molecular complexity index is 609. The Labute approximate surface area is 120 Å². The summed E-state index contributed by atoms with van der Waals surface area (Å²) in [7, 11) is 2.04. The van der Waals surface area contributed by atoms with E-state index in [9.17, 15) is 4.79 Å². The van der Waals surface area contributed by atoms with Crippen molar-refractivity contribution in [1.82, 2.24) is 9.88 Å². The van der Waals surface area contributed by atoms with E-state index in [-0.39, 0.29) is 5.91 Å². The second-order valence-corrected chi connectivity index (χ2v) is 5.39. The number of benzene rings is 1. The fraction of sp³-hybridized carbons (Fsp3) is 0.353. The number of carbonyl (C=O) groups is 1. The van der Waals surface area contributed by atoms with Crippen LogP contribution in [0.3, 0.4) is 0 Å². The number of aromatic nitrogens is 1. The van der Waals surface area contributed by atoms with Gasteiger partial charge >= 0.3 is 0 Å². The lowest BCUT2D eigenvalue weighted by atomic mass is 10.1. The highest BCUT2D eigenvalue weighted by atomic mass is 16.1. The van der Waals surface area contributed by atoms with Crippen LogP contribution in [0.25, 0.3) is 0 Å². The van der Waals surface area contributed by atoms with Gasteiger partial charge in [0.05, 0.1) is 6.42 Å². The lowest BCUT2D eigenvalue weighted by molar-refractivity contribution is -0.120. The summed E-state index contributed by atoms with van der Waals surface area (Å²) in [5, 5.41) is 2.99. The summed E-state index contributed by atoms with van der Waals surface area (Å²) in [6.07, 6.45) is 0.436. The van der Waals surface area contributed by atoms with Crippen molar-refractivity contribution in [2.75, 3.05) is 0 Å². The molecule has 106 valence electrons. The molecule has 0 aliphatic carbocycles. The molecular weight excluding hydrogens is 248 g/mol. The van der Waals surface area contributed by atoms with E-state index >= 15 is 0 Å². The van der Waals surface area contributed by atoms with Gasteiger partial charge in [0.15, 0.2) is 0 Å². The molecule has 1 heterocycles. The average molecular weight is 270 g/mol. The number of amides is 1. The van der Waals surface area contributed by atoms with Gasteiger partial charge in [-0.05, 0) is 38.0 Å². The van der Waals surface area contributed by atoms with E-state index in [2.05, 4.69) is 29.8 Å². The summed E-state index contributed by atoms with van der Waals surface area (Å²) in [6, 6.07) is 10.2. The zero-order chi connectivity index (χ0) is 14.7. The Balaban J connectivity index is 1.92. The first-order valence-corrected chi connectivity index (χ1v) is 6.91. The van der Waals surface area contributed by atoms with Crippen molar-refractivity contribution in [2.45, 2.75) is 33.7 Å². The molecule has 0 spiro atoms. The van der Waals surface area contributed by atoms with Crippen LogP contribution in [0.15, 0.2) is 30.3 Å². The van der Waals surface area contributed by atoms with E-state index in [0.717, 1.165) is 5.56 Å². The molecule has 0 unspecified atom stereocenters. The molecule has 2 aromatic rings. The fourth-order valence-electron chi connectivity index (χ4n) is 2.26. The predicted molar refractivity (Wildman–Crippen MR) is 81.6 cm³/mol. The van der Waals surface area contributed by atoms with Crippen LogP contribution >= 0.6 is 0 Å². The average Bonchev–Trinajstić information content (AvgIpc) is 2.66. The molecule has 0 saturated heterocycles. The van der Waals surface area contributed by atoms with Crippen molar-refractivity contribution in [1.29, 1.82) is 0 Å². The van der Waals surface area contributed by atoms with E-state index in [0.29, 0.717) is 13.0 Å². The Hall–Kier alpha value is -2.03. The van der Waals surface area contributed by atoms with Gasteiger partial charge in [-0.3, -0.25) is 4.79 Å². The topological polar surface area (TPSA) is 34.0 Å². The molecule has 20 heavy (non-hydrogen) atoms. The molecular formula is C17H22N2O. The molecule has 0 bridgehead atoms. The van der Waals surface area contributed by atoms with E-state index < -0.39 is 0 Å². The highest BCUT2D eigenvalue weighted by molar-refractivity contribution is 5.78. The van der Waals surface area contributed by atoms with Gasteiger partial charge < -0.3 is 9.88 Å². The molecule has 0 fully saturated rings. The van der Waals surface area contributed by atoms with Gasteiger partial charge in [-0.2, -0.15) is 0 Å². The number of nitrogens with one attached hydrogen (secondary N) is 1. The van der Waals surface area contributed by atoms with Gasteiger partial charge in [0.1, 0.15) is 0 Å². The van der Waals surface area contributed by atoms with Crippen LogP contribution in [-0.4, -0.2) is 10.5 Å². The third-order valence-corrected chi connectivity index (χ3v) is 3.84. The van der Waals surface area contributed by atoms with Crippen LogP contribution in [0, 0.1) is 20.8 Å². The number of nitrogens with zero attached hydrogens (tertiary/aromatic N) is 1. The number of carbonyl (C=O) groups excluding carboxylic acids is 1. The van der Waals surface area contributed by atoms with Crippen molar-refractivity contribution in [2.24, 2.45) is 7.05 Å². The molecule has 1 amide bonds. The van der Waals surface area contributed by atoms with E-state index in [1.807, 2.05) is 38.2 Å². The van der Waals surface area contributed by atoms with Crippen molar-refractivity contribution >= 4 is 5.91 Å². The Kier molecular flexibility index (Phi) is 4.28. The summed E-state index contributed by atoms with van der Waals surface area (Å²) < 4.78 is 2.14. The molecule has 0 atom stereocenters.